The zero-order valence-corrected chi connectivity index (χ0v) is 41.4. The highest BCUT2D eigenvalue weighted by Crippen LogP contribution is 2.16. The number of hydrogen-bond donors (Lipinski definition) is 0. The highest BCUT2D eigenvalue weighted by molar-refractivity contribution is 5.71. The van der Waals surface area contributed by atoms with Crippen LogP contribution < -0.4 is 0 Å². The molecule has 6 nitrogen and oxygen atoms in total. The van der Waals surface area contributed by atoms with Gasteiger partial charge in [-0.05, 0) is 70.6 Å². The van der Waals surface area contributed by atoms with Crippen molar-refractivity contribution in [1.82, 2.24) is 0 Å². The minimum Gasteiger partial charge on any atom is -0.462 e. The molecular formula is C56H102O6. The SMILES string of the molecule is CCCC/C=C\C/C=C\CCCCCCCC(=O)OC[C@H](COC(=O)CCCCCCC/C=C\CCCCCCCC)OC(=O)CCCCCCCCCCCCCCCCC. The van der Waals surface area contributed by atoms with Crippen LogP contribution in [0.25, 0.3) is 0 Å². The van der Waals surface area contributed by atoms with Crippen LogP contribution in [0.4, 0.5) is 0 Å². The number of allylic oxidation sites excluding steroid dienone is 6. The molecule has 0 aromatic rings. The van der Waals surface area contributed by atoms with Gasteiger partial charge in [-0.3, -0.25) is 14.4 Å². The van der Waals surface area contributed by atoms with Gasteiger partial charge in [-0.1, -0.05) is 231 Å². The molecule has 0 fully saturated rings. The maximum absolute atomic E-state index is 12.8. The fraction of sp³-hybridized carbons (Fsp3) is 0.839. The molecule has 1 atom stereocenters. The van der Waals surface area contributed by atoms with Crippen LogP contribution in [-0.4, -0.2) is 37.2 Å². The van der Waals surface area contributed by atoms with E-state index in [4.69, 9.17) is 14.2 Å². The Morgan fingerprint density at radius 3 is 0.952 bits per heavy atom. The van der Waals surface area contributed by atoms with Gasteiger partial charge >= 0.3 is 17.9 Å². The molecule has 0 saturated carbocycles. The van der Waals surface area contributed by atoms with Crippen molar-refractivity contribution >= 4 is 17.9 Å². The van der Waals surface area contributed by atoms with Crippen molar-refractivity contribution in [2.75, 3.05) is 13.2 Å². The van der Waals surface area contributed by atoms with E-state index in [0.29, 0.717) is 19.3 Å². The molecule has 0 aliphatic rings. The average molecular weight is 871 g/mol. The minimum absolute atomic E-state index is 0.0780. The molecule has 6 heteroatoms. The van der Waals surface area contributed by atoms with Crippen molar-refractivity contribution in [3.8, 4) is 0 Å². The van der Waals surface area contributed by atoms with Crippen LogP contribution in [0.1, 0.15) is 284 Å². The molecule has 0 radical (unpaired) electrons. The summed E-state index contributed by atoms with van der Waals surface area (Å²) in [6.45, 7) is 6.60. The summed E-state index contributed by atoms with van der Waals surface area (Å²) in [6, 6.07) is 0. The zero-order valence-electron chi connectivity index (χ0n) is 41.4. The van der Waals surface area contributed by atoms with Crippen molar-refractivity contribution in [3.05, 3.63) is 36.5 Å². The second-order valence-electron chi connectivity index (χ2n) is 18.1. The minimum atomic E-state index is -0.777. The van der Waals surface area contributed by atoms with Crippen molar-refractivity contribution in [3.63, 3.8) is 0 Å². The molecule has 0 N–H and O–H groups in total. The number of ether oxygens (including phenoxy) is 3. The van der Waals surface area contributed by atoms with Crippen LogP contribution in [0, 0.1) is 0 Å². The number of carbonyl (C=O) groups excluding carboxylic acids is 3. The Morgan fingerprint density at radius 2 is 0.597 bits per heavy atom. The first-order valence-electron chi connectivity index (χ1n) is 27.0. The smallest absolute Gasteiger partial charge is 0.306 e. The largest absolute Gasteiger partial charge is 0.462 e. The lowest BCUT2D eigenvalue weighted by Crippen LogP contribution is -2.30. The lowest BCUT2D eigenvalue weighted by Gasteiger charge is -2.18. The Morgan fingerprint density at radius 1 is 0.323 bits per heavy atom. The molecule has 0 aromatic heterocycles. The van der Waals surface area contributed by atoms with E-state index in [1.807, 2.05) is 0 Å². The van der Waals surface area contributed by atoms with E-state index in [1.165, 1.54) is 161 Å². The van der Waals surface area contributed by atoms with Gasteiger partial charge in [-0.15, -0.1) is 0 Å². The summed E-state index contributed by atoms with van der Waals surface area (Å²) < 4.78 is 16.8. The molecule has 0 saturated heterocycles. The fourth-order valence-corrected chi connectivity index (χ4v) is 7.75. The summed E-state index contributed by atoms with van der Waals surface area (Å²) in [6.07, 6.45) is 59.8. The van der Waals surface area contributed by atoms with E-state index < -0.39 is 6.10 Å². The molecule has 0 rings (SSSR count). The monoisotopic (exact) mass is 871 g/mol. The Kier molecular flexibility index (Phi) is 49.3. The predicted octanol–water partition coefficient (Wildman–Crippen LogP) is 17.7. The zero-order chi connectivity index (χ0) is 45.1. The van der Waals surface area contributed by atoms with E-state index in [2.05, 4.69) is 57.2 Å². The van der Waals surface area contributed by atoms with Gasteiger partial charge in [0.05, 0.1) is 0 Å². The van der Waals surface area contributed by atoms with Crippen LogP contribution in [-0.2, 0) is 28.6 Å². The first kappa shape index (κ1) is 59.6. The lowest BCUT2D eigenvalue weighted by atomic mass is 10.0. The van der Waals surface area contributed by atoms with Crippen LogP contribution in [0.2, 0.25) is 0 Å². The molecule has 0 bridgehead atoms. The van der Waals surface area contributed by atoms with Crippen LogP contribution in [0.3, 0.4) is 0 Å². The Balaban J connectivity index is 4.38. The van der Waals surface area contributed by atoms with Crippen molar-refractivity contribution < 1.29 is 28.6 Å². The summed E-state index contributed by atoms with van der Waals surface area (Å²) in [7, 11) is 0. The van der Waals surface area contributed by atoms with E-state index in [1.54, 1.807) is 0 Å². The normalized spacial score (nSPS) is 12.2. The van der Waals surface area contributed by atoms with Gasteiger partial charge in [0, 0.05) is 19.3 Å². The quantitative estimate of drug-likeness (QED) is 0.0262. The van der Waals surface area contributed by atoms with Crippen LogP contribution >= 0.6 is 0 Å². The number of rotatable bonds is 49. The molecular weight excluding hydrogens is 769 g/mol. The maximum atomic E-state index is 12.8. The van der Waals surface area contributed by atoms with Gasteiger partial charge in [0.15, 0.2) is 6.10 Å². The van der Waals surface area contributed by atoms with Gasteiger partial charge in [0.25, 0.3) is 0 Å². The van der Waals surface area contributed by atoms with Crippen molar-refractivity contribution in [2.45, 2.75) is 290 Å². The van der Waals surface area contributed by atoms with Crippen molar-refractivity contribution in [2.24, 2.45) is 0 Å². The fourth-order valence-electron chi connectivity index (χ4n) is 7.75. The van der Waals surface area contributed by atoms with Crippen molar-refractivity contribution in [1.29, 1.82) is 0 Å². The Hall–Kier alpha value is -2.37. The highest BCUT2D eigenvalue weighted by atomic mass is 16.6. The van der Waals surface area contributed by atoms with Crippen LogP contribution in [0.5, 0.6) is 0 Å². The number of esters is 3. The first-order chi connectivity index (χ1) is 30.5. The number of carbonyl (C=O) groups is 3. The van der Waals surface area contributed by atoms with E-state index >= 15 is 0 Å². The topological polar surface area (TPSA) is 78.9 Å². The molecule has 0 aromatic carbocycles. The van der Waals surface area contributed by atoms with E-state index in [-0.39, 0.29) is 31.1 Å². The molecule has 62 heavy (non-hydrogen) atoms. The summed E-state index contributed by atoms with van der Waals surface area (Å²) in [5.74, 6) is -0.887. The summed E-state index contributed by atoms with van der Waals surface area (Å²) in [5.41, 5.74) is 0. The van der Waals surface area contributed by atoms with Gasteiger partial charge in [0.2, 0.25) is 0 Å². The molecule has 0 aliphatic carbocycles. The Bertz CT molecular complexity index is 1050. The molecule has 0 spiro atoms. The summed E-state index contributed by atoms with van der Waals surface area (Å²) >= 11 is 0. The summed E-state index contributed by atoms with van der Waals surface area (Å²) in [5, 5.41) is 0. The van der Waals surface area contributed by atoms with Gasteiger partial charge in [-0.2, -0.15) is 0 Å². The molecule has 0 amide bonds. The third-order valence-electron chi connectivity index (χ3n) is 11.9. The van der Waals surface area contributed by atoms with E-state index in [0.717, 1.165) is 83.5 Å². The Labute approximate surface area is 385 Å². The third kappa shape index (κ3) is 48.7. The predicted molar refractivity (Wildman–Crippen MR) is 266 cm³/mol. The van der Waals surface area contributed by atoms with Gasteiger partial charge in [-0.25, -0.2) is 0 Å². The maximum Gasteiger partial charge on any atom is 0.306 e. The standard InChI is InChI=1S/C56H102O6/c1-4-7-10-13-16-19-22-25-28-31-34-37-40-43-46-49-55(58)61-52-53(51-60-54(57)48-45-42-39-36-33-30-27-24-21-18-15-12-9-6-3)62-56(59)50-47-44-41-38-35-32-29-26-23-20-17-14-11-8-5-2/h15,18,24-25,27-28,53H,4-14,16-17,19-23,26,29-52H2,1-3H3/b18-15-,27-24-,28-25-/t53-/m1/s1. The number of unbranched alkanes of at least 4 members (excludes halogenated alkanes) is 32. The number of hydrogen-bond acceptors (Lipinski definition) is 6. The van der Waals surface area contributed by atoms with Gasteiger partial charge < -0.3 is 14.2 Å². The second kappa shape index (κ2) is 51.3. The molecule has 0 aliphatic heterocycles. The van der Waals surface area contributed by atoms with Gasteiger partial charge in [0.1, 0.15) is 13.2 Å². The molecule has 0 heterocycles. The average Bonchev–Trinajstić information content (AvgIpc) is 3.27. The highest BCUT2D eigenvalue weighted by Gasteiger charge is 2.19. The third-order valence-corrected chi connectivity index (χ3v) is 11.9. The molecule has 362 valence electrons. The second-order valence-corrected chi connectivity index (χ2v) is 18.1. The summed E-state index contributed by atoms with van der Waals surface area (Å²) in [4.78, 5) is 38.0. The molecule has 0 unspecified atom stereocenters. The lowest BCUT2D eigenvalue weighted by molar-refractivity contribution is -0.167. The van der Waals surface area contributed by atoms with Crippen LogP contribution in [0.15, 0.2) is 36.5 Å². The first-order valence-corrected chi connectivity index (χ1v) is 27.0. The van der Waals surface area contributed by atoms with E-state index in [9.17, 15) is 14.4 Å².